The van der Waals surface area contributed by atoms with Crippen LogP contribution in [-0.4, -0.2) is 23.5 Å². The smallest absolute Gasteiger partial charge is 0.305 e. The van der Waals surface area contributed by atoms with Crippen LogP contribution in [0.2, 0.25) is 0 Å². The molecule has 5 nitrogen and oxygen atoms in total. The van der Waals surface area contributed by atoms with Gasteiger partial charge in [0.2, 0.25) is 0 Å². The van der Waals surface area contributed by atoms with Gasteiger partial charge in [-0.2, -0.15) is 0 Å². The first-order valence-corrected chi connectivity index (χ1v) is 4.55. The van der Waals surface area contributed by atoms with Gasteiger partial charge in [0.25, 0.3) is 5.91 Å². The number of carboxylic acid groups (broad SMARTS) is 1. The molecule has 6 heteroatoms. The summed E-state index contributed by atoms with van der Waals surface area (Å²) in [7, 11) is 0. The van der Waals surface area contributed by atoms with E-state index in [1.54, 1.807) is 0 Å². The minimum atomic E-state index is -1.01. The highest BCUT2D eigenvalue weighted by Crippen LogP contribution is 2.11. The van der Waals surface area contributed by atoms with Gasteiger partial charge in [0.15, 0.2) is 0 Å². The lowest BCUT2D eigenvalue weighted by Crippen LogP contribution is -2.26. The Morgan fingerprint density at radius 3 is 2.69 bits per heavy atom. The third-order valence-corrected chi connectivity index (χ3v) is 1.89. The maximum atomic E-state index is 13.0. The van der Waals surface area contributed by atoms with Crippen LogP contribution < -0.4 is 11.1 Å². The third-order valence-electron chi connectivity index (χ3n) is 1.89. The van der Waals surface area contributed by atoms with Gasteiger partial charge in [-0.15, -0.1) is 0 Å². The zero-order valence-electron chi connectivity index (χ0n) is 8.37. The second-order valence-electron chi connectivity index (χ2n) is 3.14. The van der Waals surface area contributed by atoms with Gasteiger partial charge in [0.05, 0.1) is 12.1 Å². The molecule has 4 N–H and O–H groups in total. The van der Waals surface area contributed by atoms with Crippen LogP contribution in [0, 0.1) is 5.82 Å². The molecular formula is C10H11FN2O3. The van der Waals surface area contributed by atoms with E-state index in [-0.39, 0.29) is 24.2 Å². The Balaban J connectivity index is 2.59. The van der Waals surface area contributed by atoms with Gasteiger partial charge in [-0.1, -0.05) is 0 Å². The SMILES string of the molecule is Nc1ccc(C(=O)NCCC(=O)O)cc1F. The monoisotopic (exact) mass is 226 g/mol. The first kappa shape index (κ1) is 12.0. The van der Waals surface area contributed by atoms with Crippen LogP contribution >= 0.6 is 0 Å². The Morgan fingerprint density at radius 1 is 1.44 bits per heavy atom. The topological polar surface area (TPSA) is 92.4 Å². The highest BCUT2D eigenvalue weighted by molar-refractivity contribution is 5.94. The quantitative estimate of drug-likeness (QED) is 0.656. The Hall–Kier alpha value is -2.11. The fraction of sp³-hybridized carbons (Fsp3) is 0.200. The molecule has 0 spiro atoms. The molecule has 0 saturated heterocycles. The Morgan fingerprint density at radius 2 is 2.12 bits per heavy atom. The molecule has 0 aromatic heterocycles. The van der Waals surface area contributed by atoms with Crippen LogP contribution in [0.1, 0.15) is 16.8 Å². The summed E-state index contributed by atoms with van der Waals surface area (Å²) >= 11 is 0. The molecule has 1 aromatic carbocycles. The van der Waals surface area contributed by atoms with Crippen LogP contribution in [0.25, 0.3) is 0 Å². The minimum absolute atomic E-state index is 0.000161. The highest BCUT2D eigenvalue weighted by Gasteiger charge is 2.08. The first-order chi connectivity index (χ1) is 7.50. The fourth-order valence-electron chi connectivity index (χ4n) is 1.05. The minimum Gasteiger partial charge on any atom is -0.481 e. The molecule has 16 heavy (non-hydrogen) atoms. The summed E-state index contributed by atoms with van der Waals surface area (Å²) in [5.41, 5.74) is 5.31. The number of rotatable bonds is 4. The van der Waals surface area contributed by atoms with E-state index in [9.17, 15) is 14.0 Å². The summed E-state index contributed by atoms with van der Waals surface area (Å²) in [6, 6.07) is 3.65. The van der Waals surface area contributed by atoms with Crippen LogP contribution in [0.5, 0.6) is 0 Å². The standard InChI is InChI=1S/C10H11FN2O3/c11-7-5-6(1-2-8(7)12)10(16)13-4-3-9(14)15/h1-2,5H,3-4,12H2,(H,13,16)(H,14,15). The van der Waals surface area contributed by atoms with Crippen molar-refractivity contribution in [3.8, 4) is 0 Å². The van der Waals surface area contributed by atoms with Crippen molar-refractivity contribution in [2.75, 3.05) is 12.3 Å². The molecule has 1 rings (SSSR count). The summed E-state index contributed by atoms with van der Waals surface area (Å²) in [6.07, 6.45) is -0.177. The molecule has 1 aromatic rings. The average molecular weight is 226 g/mol. The maximum absolute atomic E-state index is 13.0. The van der Waals surface area contributed by atoms with Gasteiger partial charge in [0, 0.05) is 12.1 Å². The number of carbonyl (C=O) groups is 2. The lowest BCUT2D eigenvalue weighted by atomic mass is 10.2. The number of nitrogen functional groups attached to an aromatic ring is 1. The Kier molecular flexibility index (Phi) is 3.82. The number of halogens is 1. The van der Waals surface area contributed by atoms with E-state index in [1.807, 2.05) is 0 Å². The van der Waals surface area contributed by atoms with E-state index in [0.29, 0.717) is 0 Å². The van der Waals surface area contributed by atoms with Crippen molar-refractivity contribution in [2.24, 2.45) is 0 Å². The summed E-state index contributed by atoms with van der Waals surface area (Å²) in [6.45, 7) is 0.000161. The van der Waals surface area contributed by atoms with Gasteiger partial charge in [0.1, 0.15) is 5.82 Å². The van der Waals surface area contributed by atoms with Crippen molar-refractivity contribution >= 4 is 17.6 Å². The van der Waals surface area contributed by atoms with Crippen LogP contribution in [0.3, 0.4) is 0 Å². The molecule has 1 amide bonds. The molecule has 0 radical (unpaired) electrons. The van der Waals surface area contributed by atoms with Crippen molar-refractivity contribution in [1.29, 1.82) is 0 Å². The lowest BCUT2D eigenvalue weighted by Gasteiger charge is -2.04. The van der Waals surface area contributed by atoms with Gasteiger partial charge in [-0.05, 0) is 18.2 Å². The number of nitrogens with two attached hydrogens (primary N) is 1. The summed E-state index contributed by atoms with van der Waals surface area (Å²) in [4.78, 5) is 21.6. The highest BCUT2D eigenvalue weighted by atomic mass is 19.1. The van der Waals surface area contributed by atoms with Crippen molar-refractivity contribution in [3.05, 3.63) is 29.6 Å². The maximum Gasteiger partial charge on any atom is 0.305 e. The van der Waals surface area contributed by atoms with Gasteiger partial charge in [-0.25, -0.2) is 4.39 Å². The number of aliphatic carboxylic acids is 1. The first-order valence-electron chi connectivity index (χ1n) is 4.55. The largest absolute Gasteiger partial charge is 0.481 e. The summed E-state index contributed by atoms with van der Waals surface area (Å²) < 4.78 is 13.0. The van der Waals surface area contributed by atoms with E-state index in [1.165, 1.54) is 12.1 Å². The zero-order valence-corrected chi connectivity index (χ0v) is 8.37. The van der Waals surface area contributed by atoms with Crippen molar-refractivity contribution in [3.63, 3.8) is 0 Å². The molecule has 0 atom stereocenters. The predicted molar refractivity (Wildman–Crippen MR) is 55.4 cm³/mol. The van der Waals surface area contributed by atoms with Crippen molar-refractivity contribution in [2.45, 2.75) is 6.42 Å². The molecule has 0 bridgehead atoms. The molecule has 0 heterocycles. The number of nitrogens with one attached hydrogen (secondary N) is 1. The molecule has 86 valence electrons. The van der Waals surface area contributed by atoms with E-state index in [4.69, 9.17) is 10.8 Å². The van der Waals surface area contributed by atoms with Crippen LogP contribution in [0.15, 0.2) is 18.2 Å². The molecule has 0 aliphatic rings. The zero-order chi connectivity index (χ0) is 12.1. The normalized spacial score (nSPS) is 9.81. The molecule has 0 saturated carbocycles. The van der Waals surface area contributed by atoms with Crippen LogP contribution in [0.4, 0.5) is 10.1 Å². The number of carboxylic acids is 1. The van der Waals surface area contributed by atoms with E-state index < -0.39 is 17.7 Å². The number of amides is 1. The molecule has 0 fully saturated rings. The Labute approximate surface area is 91.1 Å². The van der Waals surface area contributed by atoms with Crippen LogP contribution in [-0.2, 0) is 4.79 Å². The van der Waals surface area contributed by atoms with E-state index >= 15 is 0 Å². The van der Waals surface area contributed by atoms with E-state index in [2.05, 4.69) is 5.32 Å². The third kappa shape index (κ3) is 3.23. The number of anilines is 1. The van der Waals surface area contributed by atoms with Crippen molar-refractivity contribution < 1.29 is 19.1 Å². The average Bonchev–Trinajstić information content (AvgIpc) is 2.21. The van der Waals surface area contributed by atoms with Gasteiger partial charge in [-0.3, -0.25) is 9.59 Å². The lowest BCUT2D eigenvalue weighted by molar-refractivity contribution is -0.136. The number of hydrogen-bond donors (Lipinski definition) is 3. The fourth-order valence-corrected chi connectivity index (χ4v) is 1.05. The molecular weight excluding hydrogens is 215 g/mol. The van der Waals surface area contributed by atoms with E-state index in [0.717, 1.165) is 6.07 Å². The molecule has 0 aliphatic carbocycles. The molecule has 0 unspecified atom stereocenters. The second-order valence-corrected chi connectivity index (χ2v) is 3.14. The second kappa shape index (κ2) is 5.11. The summed E-state index contributed by atoms with van der Waals surface area (Å²) in [5, 5.41) is 10.7. The van der Waals surface area contributed by atoms with Gasteiger partial charge >= 0.3 is 5.97 Å². The number of hydrogen-bond acceptors (Lipinski definition) is 3. The number of carbonyl (C=O) groups excluding carboxylic acids is 1. The molecule has 0 aliphatic heterocycles. The Bertz CT molecular complexity index is 421. The predicted octanol–water partition coefficient (Wildman–Crippen LogP) is 0.612. The number of benzene rings is 1. The van der Waals surface area contributed by atoms with Gasteiger partial charge < -0.3 is 16.2 Å². The van der Waals surface area contributed by atoms with Crippen molar-refractivity contribution in [1.82, 2.24) is 5.32 Å². The summed E-state index contributed by atoms with van der Waals surface area (Å²) in [5.74, 6) is -2.21.